The number of carbonyl (C=O) groups excluding carboxylic acids is 4. The van der Waals surface area contributed by atoms with Crippen molar-refractivity contribution in [1.82, 2.24) is 25.2 Å². The highest BCUT2D eigenvalue weighted by Crippen LogP contribution is 2.45. The van der Waals surface area contributed by atoms with Crippen LogP contribution in [-0.4, -0.2) is 97.5 Å². The number of aromatic nitrogens is 1. The number of carbonyl (C=O) groups is 4. The van der Waals surface area contributed by atoms with E-state index in [2.05, 4.69) is 26.9 Å². The third-order valence-corrected chi connectivity index (χ3v) is 11.0. The zero-order valence-corrected chi connectivity index (χ0v) is 30.8. The number of nitrogens with zero attached hydrogens (tertiary/aromatic N) is 2. The highest BCUT2D eigenvalue weighted by Gasteiger charge is 2.62. The van der Waals surface area contributed by atoms with Crippen molar-refractivity contribution in [2.24, 2.45) is 11.8 Å². The summed E-state index contributed by atoms with van der Waals surface area (Å²) in [6.07, 6.45) is 2.47. The standard InChI is InChI=1S/C35H47N5O10S/c1-9-20-16-35(20,32(43)39-51(45,46)23-11-12-23)38-29(41)26-15-22(18-40(26)31(42)28(19(2)3)37-33(44)50-34(4,5)6)49-30-24-13-10-21(47-7)14-25(24)27(48-8)17-36-30/h9-10,13-14,17,19-20,22-23,26,28H,1,11-12,15-16,18H2,2-8H3,(H,37,44)(H,38,41)(H,39,43)/t20-,22-,26+,28+,35-/m1/s1. The first-order chi connectivity index (χ1) is 23.9. The molecule has 0 bridgehead atoms. The Morgan fingerprint density at radius 2 is 1.80 bits per heavy atom. The van der Waals surface area contributed by atoms with Crippen LogP contribution in [0.25, 0.3) is 10.8 Å². The van der Waals surface area contributed by atoms with E-state index in [1.54, 1.807) is 59.9 Å². The van der Waals surface area contributed by atoms with Gasteiger partial charge in [-0.05, 0) is 64.2 Å². The van der Waals surface area contributed by atoms with Crippen LogP contribution in [0, 0.1) is 11.8 Å². The number of benzene rings is 1. The summed E-state index contributed by atoms with van der Waals surface area (Å²) in [6.45, 7) is 12.3. The van der Waals surface area contributed by atoms with Crippen molar-refractivity contribution in [3.8, 4) is 17.4 Å². The maximum Gasteiger partial charge on any atom is 0.408 e. The summed E-state index contributed by atoms with van der Waals surface area (Å²) in [4.78, 5) is 60.4. The summed E-state index contributed by atoms with van der Waals surface area (Å²) < 4.78 is 50.1. The molecule has 5 atom stereocenters. The minimum absolute atomic E-state index is 0.00297. The normalized spacial score (nSPS) is 23.6. The second-order valence-corrected chi connectivity index (χ2v) is 16.5. The lowest BCUT2D eigenvalue weighted by Crippen LogP contribution is -2.59. The Labute approximate surface area is 297 Å². The lowest BCUT2D eigenvalue weighted by atomic mass is 10.0. The van der Waals surface area contributed by atoms with Crippen LogP contribution in [0.15, 0.2) is 37.1 Å². The number of likely N-dealkylation sites (tertiary alicyclic amines) is 1. The molecule has 3 fully saturated rings. The van der Waals surface area contributed by atoms with Crippen LogP contribution in [0.2, 0.25) is 0 Å². The predicted octanol–water partition coefficient (Wildman–Crippen LogP) is 2.82. The number of alkyl carbamates (subject to hydrolysis) is 1. The SMILES string of the molecule is C=C[C@@H]1C[C@]1(NC(=O)[C@@H]1C[C@@H](Oc2ncc(OC)c3cc(OC)ccc23)CN1C(=O)[C@@H](NC(=O)OC(C)(C)C)C(C)C)C(=O)NS(=O)(=O)C1CC1. The van der Waals surface area contributed by atoms with Crippen molar-refractivity contribution in [3.05, 3.63) is 37.1 Å². The van der Waals surface area contributed by atoms with E-state index in [0.717, 1.165) is 0 Å². The number of rotatable bonds is 13. The second kappa shape index (κ2) is 14.2. The molecule has 1 aliphatic heterocycles. The van der Waals surface area contributed by atoms with Crippen molar-refractivity contribution < 1.29 is 46.5 Å². The number of fused-ring (bicyclic) bond motifs is 1. The third kappa shape index (κ3) is 8.16. The monoisotopic (exact) mass is 729 g/mol. The van der Waals surface area contributed by atoms with Gasteiger partial charge in [0, 0.05) is 23.1 Å². The minimum Gasteiger partial charge on any atom is -0.497 e. The Hall–Kier alpha value is -4.60. The van der Waals surface area contributed by atoms with Gasteiger partial charge in [0.2, 0.25) is 27.7 Å². The molecule has 278 valence electrons. The molecule has 2 aliphatic carbocycles. The number of hydrogen-bond donors (Lipinski definition) is 3. The minimum atomic E-state index is -3.90. The fourth-order valence-corrected chi connectivity index (χ4v) is 7.60. The highest BCUT2D eigenvalue weighted by molar-refractivity contribution is 7.91. The maximum absolute atomic E-state index is 14.3. The lowest BCUT2D eigenvalue weighted by molar-refractivity contribution is -0.141. The van der Waals surface area contributed by atoms with Gasteiger partial charge in [0.05, 0.1) is 32.2 Å². The number of pyridine rings is 1. The van der Waals surface area contributed by atoms with E-state index in [9.17, 15) is 27.6 Å². The van der Waals surface area contributed by atoms with Gasteiger partial charge in [0.1, 0.15) is 40.8 Å². The summed E-state index contributed by atoms with van der Waals surface area (Å²) in [5, 5.41) is 6.04. The molecule has 3 N–H and O–H groups in total. The van der Waals surface area contributed by atoms with Crippen LogP contribution >= 0.6 is 0 Å². The number of methoxy groups -OCH3 is 2. The first-order valence-electron chi connectivity index (χ1n) is 16.9. The predicted molar refractivity (Wildman–Crippen MR) is 187 cm³/mol. The first-order valence-corrected chi connectivity index (χ1v) is 18.5. The second-order valence-electron chi connectivity index (χ2n) is 14.6. The summed E-state index contributed by atoms with van der Waals surface area (Å²) in [6, 6.07) is 3.04. The number of amides is 4. The zero-order valence-electron chi connectivity index (χ0n) is 30.0. The topological polar surface area (TPSA) is 192 Å². The van der Waals surface area contributed by atoms with Crippen LogP contribution in [0.1, 0.15) is 60.3 Å². The van der Waals surface area contributed by atoms with Crippen LogP contribution in [0.5, 0.6) is 17.4 Å². The highest BCUT2D eigenvalue weighted by atomic mass is 32.2. The fraction of sp³-hybridized carbons (Fsp3) is 0.571. The molecule has 1 aromatic carbocycles. The van der Waals surface area contributed by atoms with Crippen molar-refractivity contribution in [2.75, 3.05) is 20.8 Å². The third-order valence-electron chi connectivity index (χ3n) is 9.22. The summed E-state index contributed by atoms with van der Waals surface area (Å²) >= 11 is 0. The number of hydrogen-bond acceptors (Lipinski definition) is 11. The summed E-state index contributed by atoms with van der Waals surface area (Å²) in [5.41, 5.74) is -2.39. The average molecular weight is 730 g/mol. The molecule has 0 radical (unpaired) electrons. The Balaban J connectivity index is 1.44. The molecule has 2 saturated carbocycles. The molecule has 4 amide bonds. The van der Waals surface area contributed by atoms with Gasteiger partial charge in [-0.3, -0.25) is 19.1 Å². The van der Waals surface area contributed by atoms with Gasteiger partial charge >= 0.3 is 6.09 Å². The van der Waals surface area contributed by atoms with Crippen LogP contribution in [-0.2, 0) is 29.1 Å². The van der Waals surface area contributed by atoms with Gasteiger partial charge < -0.3 is 34.5 Å². The van der Waals surface area contributed by atoms with E-state index in [0.29, 0.717) is 35.1 Å². The molecule has 0 spiro atoms. The van der Waals surface area contributed by atoms with E-state index in [4.69, 9.17) is 18.9 Å². The first kappa shape index (κ1) is 37.7. The molecule has 1 saturated heterocycles. The molecule has 0 unspecified atom stereocenters. The van der Waals surface area contributed by atoms with Gasteiger partial charge in [0.25, 0.3) is 5.91 Å². The van der Waals surface area contributed by atoms with Crippen molar-refractivity contribution in [1.29, 1.82) is 0 Å². The molecule has 15 nitrogen and oxygen atoms in total. The van der Waals surface area contributed by atoms with E-state index < -0.39 is 80.3 Å². The summed E-state index contributed by atoms with van der Waals surface area (Å²) in [5.74, 6) is -1.74. The largest absolute Gasteiger partial charge is 0.497 e. The number of sulfonamides is 1. The fourth-order valence-electron chi connectivity index (χ4n) is 6.23. The van der Waals surface area contributed by atoms with E-state index in [1.165, 1.54) is 24.3 Å². The molecule has 2 heterocycles. The molecule has 5 rings (SSSR count). The van der Waals surface area contributed by atoms with E-state index in [-0.39, 0.29) is 25.3 Å². The lowest BCUT2D eigenvalue weighted by Gasteiger charge is -2.31. The molecule has 1 aromatic heterocycles. The quantitative estimate of drug-likeness (QED) is 0.257. The maximum atomic E-state index is 14.3. The van der Waals surface area contributed by atoms with Gasteiger partial charge in [-0.25, -0.2) is 18.2 Å². The molecule has 3 aliphatic rings. The van der Waals surface area contributed by atoms with Crippen LogP contribution < -0.4 is 29.6 Å². The van der Waals surface area contributed by atoms with Gasteiger partial charge in [-0.1, -0.05) is 19.9 Å². The molecule has 16 heteroatoms. The average Bonchev–Trinajstić information content (AvgIpc) is 3.99. The van der Waals surface area contributed by atoms with E-state index in [1.807, 2.05) is 0 Å². The molecular formula is C35H47N5O10S. The number of nitrogens with one attached hydrogen (secondary N) is 3. The van der Waals surface area contributed by atoms with Crippen molar-refractivity contribution in [2.45, 2.75) is 94.9 Å². The Kier molecular flexibility index (Phi) is 10.5. The van der Waals surface area contributed by atoms with Crippen LogP contribution in [0.4, 0.5) is 4.79 Å². The van der Waals surface area contributed by atoms with Gasteiger partial charge in [0.15, 0.2) is 0 Å². The molecular weight excluding hydrogens is 682 g/mol. The van der Waals surface area contributed by atoms with Crippen molar-refractivity contribution in [3.63, 3.8) is 0 Å². The van der Waals surface area contributed by atoms with Crippen LogP contribution in [0.3, 0.4) is 0 Å². The smallest absolute Gasteiger partial charge is 0.408 e. The Morgan fingerprint density at radius 3 is 2.37 bits per heavy atom. The van der Waals surface area contributed by atoms with E-state index >= 15 is 0 Å². The van der Waals surface area contributed by atoms with Crippen molar-refractivity contribution >= 4 is 44.6 Å². The van der Waals surface area contributed by atoms with Gasteiger partial charge in [-0.15, -0.1) is 6.58 Å². The number of ether oxygens (including phenoxy) is 4. The molecule has 51 heavy (non-hydrogen) atoms. The zero-order chi connectivity index (χ0) is 37.5. The Bertz CT molecular complexity index is 1820. The molecule has 2 aromatic rings. The summed E-state index contributed by atoms with van der Waals surface area (Å²) in [7, 11) is -0.842. The van der Waals surface area contributed by atoms with Gasteiger partial charge in [-0.2, -0.15) is 0 Å². The Morgan fingerprint density at radius 1 is 1.10 bits per heavy atom.